The van der Waals surface area contributed by atoms with Crippen molar-refractivity contribution in [1.82, 2.24) is 0 Å². The number of nitrogens with zero attached hydrogens (tertiary/aromatic N) is 2. The van der Waals surface area contributed by atoms with E-state index in [1.165, 1.54) is 117 Å². The second-order valence-corrected chi connectivity index (χ2v) is 21.4. The molecule has 0 unspecified atom stereocenters. The molecule has 1 aliphatic carbocycles. The predicted molar refractivity (Wildman–Crippen MR) is 284 cm³/mol. The van der Waals surface area contributed by atoms with Gasteiger partial charge in [-0.3, -0.25) is 0 Å². The van der Waals surface area contributed by atoms with E-state index in [1.54, 1.807) is 0 Å². The maximum atomic E-state index is 2.69. The van der Waals surface area contributed by atoms with Gasteiger partial charge in [0.1, 0.15) is 0 Å². The summed E-state index contributed by atoms with van der Waals surface area (Å²) in [4.78, 5) is 5.37. The molecule has 2 nitrogen and oxygen atoms in total. The summed E-state index contributed by atoms with van der Waals surface area (Å²) in [7, 11) is 0. The minimum atomic E-state index is -0.188. The first kappa shape index (κ1) is 40.4. The quantitative estimate of drug-likeness (QED) is 0.163. The van der Waals surface area contributed by atoms with E-state index in [1.807, 2.05) is 0 Å². The second kappa shape index (κ2) is 14.5. The highest BCUT2D eigenvalue weighted by molar-refractivity contribution is 6.94. The van der Waals surface area contributed by atoms with Gasteiger partial charge in [0.05, 0.1) is 11.4 Å². The van der Waals surface area contributed by atoms with Crippen LogP contribution in [0.2, 0.25) is 0 Å². The molecule has 12 rings (SSSR count). The van der Waals surface area contributed by atoms with Crippen LogP contribution in [0.4, 0.5) is 28.4 Å². The molecule has 2 heterocycles. The molecule has 0 spiro atoms. The van der Waals surface area contributed by atoms with Gasteiger partial charge in [-0.25, -0.2) is 0 Å². The highest BCUT2D eigenvalue weighted by Gasteiger charge is 2.49. The maximum Gasteiger partial charge on any atom is 0.333 e. The van der Waals surface area contributed by atoms with Gasteiger partial charge in [0.15, 0.2) is 0 Å². The average Bonchev–Trinajstić information content (AvgIpc) is 3.56. The van der Waals surface area contributed by atoms with Crippen molar-refractivity contribution in [3.8, 4) is 44.5 Å². The predicted octanol–water partition coefficient (Wildman–Crippen LogP) is 15.8. The number of rotatable bonds is 4. The van der Waals surface area contributed by atoms with Gasteiger partial charge < -0.3 is 9.71 Å². The molecule has 0 bridgehead atoms. The van der Waals surface area contributed by atoms with Crippen LogP contribution in [0.25, 0.3) is 55.3 Å². The number of benzene rings is 9. The lowest BCUT2D eigenvalue weighted by Gasteiger charge is -2.47. The van der Waals surface area contributed by atoms with E-state index in [0.717, 1.165) is 0 Å². The average molecular weight is 851 g/mol. The van der Waals surface area contributed by atoms with Crippen molar-refractivity contribution in [3.05, 3.63) is 210 Å². The van der Waals surface area contributed by atoms with Gasteiger partial charge in [-0.15, -0.1) is 0 Å². The Labute approximate surface area is 391 Å². The molecule has 66 heavy (non-hydrogen) atoms. The Morgan fingerprint density at radius 1 is 0.439 bits per heavy atom. The first-order valence-electron chi connectivity index (χ1n) is 23.7. The molecule has 0 saturated heterocycles. The normalized spacial score (nSPS) is 14.4. The Kier molecular flexibility index (Phi) is 8.85. The maximum absolute atomic E-state index is 2.69. The third-order valence-electron chi connectivity index (χ3n) is 14.9. The smallest absolute Gasteiger partial charge is 0.333 e. The molecule has 9 aromatic rings. The Bertz CT molecular complexity index is 3410. The van der Waals surface area contributed by atoms with Crippen molar-refractivity contribution in [2.75, 3.05) is 9.71 Å². The fourth-order valence-corrected chi connectivity index (χ4v) is 11.5. The van der Waals surface area contributed by atoms with Crippen LogP contribution in [0.5, 0.6) is 0 Å². The summed E-state index contributed by atoms with van der Waals surface area (Å²) in [6, 6.07) is 71.6. The van der Waals surface area contributed by atoms with Crippen molar-refractivity contribution in [3.63, 3.8) is 0 Å². The summed E-state index contributed by atoms with van der Waals surface area (Å²) in [6.45, 7) is 18.6. The van der Waals surface area contributed by atoms with Crippen molar-refractivity contribution in [2.45, 2.75) is 71.6 Å². The molecule has 0 fully saturated rings. The molecule has 3 heteroatoms. The minimum absolute atomic E-state index is 0.0230. The van der Waals surface area contributed by atoms with Gasteiger partial charge in [0.25, 0.3) is 0 Å². The molecular formula is C63H55BN2. The molecule has 3 aliphatic rings. The number of hydrogen-bond acceptors (Lipinski definition) is 2. The summed E-state index contributed by atoms with van der Waals surface area (Å²) < 4.78 is 0. The lowest BCUT2D eigenvalue weighted by molar-refractivity contribution is 0.590. The van der Waals surface area contributed by atoms with Crippen LogP contribution in [-0.2, 0) is 16.2 Å². The van der Waals surface area contributed by atoms with E-state index in [2.05, 4.69) is 253 Å². The van der Waals surface area contributed by atoms with E-state index >= 15 is 0 Å². The van der Waals surface area contributed by atoms with Gasteiger partial charge >= 0.3 is 6.85 Å². The monoisotopic (exact) mass is 850 g/mol. The third-order valence-corrected chi connectivity index (χ3v) is 14.9. The molecule has 0 aromatic heterocycles. The fourth-order valence-electron chi connectivity index (χ4n) is 11.5. The highest BCUT2D eigenvalue weighted by atomic mass is 15.2. The SMILES string of the molecule is CC(C)(C)c1ccc(N2B3c4ccc5c(c4N(c4ccc(C(C)(C)C)cc4-c4ccccc4)c4cc6ccccc6c(c43)-c3ccc(-c4ccccc4)cc32)-c2ccccc2C5(C)C)cc1. The summed E-state index contributed by atoms with van der Waals surface area (Å²) >= 11 is 0. The van der Waals surface area contributed by atoms with Gasteiger partial charge in [0, 0.05) is 39.2 Å². The lowest BCUT2D eigenvalue weighted by Crippen LogP contribution is -2.61. The topological polar surface area (TPSA) is 6.48 Å². The summed E-state index contributed by atoms with van der Waals surface area (Å²) in [6.07, 6.45) is 0. The van der Waals surface area contributed by atoms with Gasteiger partial charge in [0.2, 0.25) is 0 Å². The van der Waals surface area contributed by atoms with E-state index in [0.29, 0.717) is 0 Å². The second-order valence-electron chi connectivity index (χ2n) is 21.4. The molecule has 320 valence electrons. The van der Waals surface area contributed by atoms with Crippen LogP contribution in [0.15, 0.2) is 188 Å². The van der Waals surface area contributed by atoms with E-state index < -0.39 is 0 Å². The zero-order chi connectivity index (χ0) is 45.3. The number of hydrogen-bond donors (Lipinski definition) is 0. The van der Waals surface area contributed by atoms with Crippen molar-refractivity contribution < 1.29 is 0 Å². The molecule has 0 radical (unpaired) electrons. The standard InChI is InChI=1S/C63H55BN2/c1-61(2,3)44-28-31-46(32-29-44)66-55-37-42(40-19-11-9-12-20-40)27-33-49(55)57-47-24-16-15-23-43(47)38-56-59(57)64(66)53-35-34-52-58(48-25-17-18-26-51(48)63(52,7)8)60(53)65(56)54-36-30-45(62(4,5)6)39-50(54)41-21-13-10-14-22-41/h9-39H,1-8H3. The highest BCUT2D eigenvalue weighted by Crippen LogP contribution is 2.58. The first-order valence-corrected chi connectivity index (χ1v) is 23.7. The van der Waals surface area contributed by atoms with Crippen LogP contribution in [0, 0.1) is 0 Å². The van der Waals surface area contributed by atoms with Crippen molar-refractivity contribution in [1.29, 1.82) is 0 Å². The Morgan fingerprint density at radius 3 is 1.82 bits per heavy atom. The molecule has 0 amide bonds. The van der Waals surface area contributed by atoms with Gasteiger partial charge in [-0.1, -0.05) is 207 Å². The Morgan fingerprint density at radius 2 is 1.09 bits per heavy atom. The number of fused-ring (bicyclic) bond motifs is 10. The van der Waals surface area contributed by atoms with Crippen LogP contribution in [0.3, 0.4) is 0 Å². The summed E-state index contributed by atoms with van der Waals surface area (Å²) in [5, 5.41) is 2.51. The lowest BCUT2D eigenvalue weighted by atomic mass is 9.42. The summed E-state index contributed by atoms with van der Waals surface area (Å²) in [5.74, 6) is 0. The third kappa shape index (κ3) is 6.02. The van der Waals surface area contributed by atoms with Gasteiger partial charge in [-0.05, 0) is 119 Å². The summed E-state index contributed by atoms with van der Waals surface area (Å²) in [5.41, 5.74) is 24.0. The molecule has 0 atom stereocenters. The Hall–Kier alpha value is -7.10. The Balaban J connectivity index is 1.26. The van der Waals surface area contributed by atoms with Crippen LogP contribution >= 0.6 is 0 Å². The van der Waals surface area contributed by atoms with Gasteiger partial charge in [-0.2, -0.15) is 0 Å². The first-order chi connectivity index (χ1) is 31.8. The van der Waals surface area contributed by atoms with Crippen LogP contribution in [-0.4, -0.2) is 6.85 Å². The minimum Gasteiger partial charge on any atom is -0.376 e. The molecule has 2 aliphatic heterocycles. The van der Waals surface area contributed by atoms with E-state index in [-0.39, 0.29) is 23.1 Å². The van der Waals surface area contributed by atoms with E-state index in [9.17, 15) is 0 Å². The molecule has 0 N–H and O–H groups in total. The zero-order valence-electron chi connectivity index (χ0n) is 39.4. The fraction of sp³-hybridized carbons (Fsp3) is 0.175. The molecule has 9 aromatic carbocycles. The molecular weight excluding hydrogens is 796 g/mol. The largest absolute Gasteiger partial charge is 0.376 e. The number of anilines is 5. The van der Waals surface area contributed by atoms with Crippen LogP contribution in [0.1, 0.15) is 77.6 Å². The van der Waals surface area contributed by atoms with E-state index in [4.69, 9.17) is 0 Å². The van der Waals surface area contributed by atoms with Crippen molar-refractivity contribution in [2.24, 2.45) is 0 Å². The van der Waals surface area contributed by atoms with Crippen molar-refractivity contribution >= 4 is 57.0 Å². The van der Waals surface area contributed by atoms with Crippen LogP contribution < -0.4 is 20.6 Å². The molecule has 0 saturated carbocycles. The zero-order valence-corrected chi connectivity index (χ0v) is 39.4.